The number of H-pyrrole nitrogens is 1. The van der Waals surface area contributed by atoms with Crippen LogP contribution < -0.4 is 5.32 Å². The van der Waals surface area contributed by atoms with Gasteiger partial charge in [0, 0.05) is 18.8 Å². The third-order valence-electron chi connectivity index (χ3n) is 3.93. The van der Waals surface area contributed by atoms with E-state index in [2.05, 4.69) is 15.2 Å². The number of amides is 1. The van der Waals surface area contributed by atoms with Crippen molar-refractivity contribution in [3.8, 4) is 6.07 Å². The van der Waals surface area contributed by atoms with Crippen LogP contribution >= 0.6 is 0 Å². The maximum Gasteiger partial charge on any atom is 0.252 e. The number of likely N-dealkylation sites (tertiary alicyclic amines) is 1. The quantitative estimate of drug-likeness (QED) is 0.649. The van der Waals surface area contributed by atoms with Crippen molar-refractivity contribution in [2.75, 3.05) is 26.2 Å². The van der Waals surface area contributed by atoms with E-state index in [4.69, 9.17) is 5.26 Å². The summed E-state index contributed by atoms with van der Waals surface area (Å²) in [7, 11) is 0. The van der Waals surface area contributed by atoms with Crippen LogP contribution in [0.15, 0.2) is 12.3 Å². The molecule has 0 spiro atoms. The lowest BCUT2D eigenvalue weighted by molar-refractivity contribution is 0.0952. The van der Waals surface area contributed by atoms with Crippen molar-refractivity contribution in [3.63, 3.8) is 0 Å². The molecule has 1 saturated heterocycles. The van der Waals surface area contributed by atoms with E-state index in [1.807, 2.05) is 6.07 Å². The number of carbonyl (C=O) groups is 1. The molecule has 21 heavy (non-hydrogen) atoms. The predicted octanol–water partition coefficient (Wildman–Crippen LogP) is 0.853. The Morgan fingerprint density at radius 2 is 2.43 bits per heavy atom. The van der Waals surface area contributed by atoms with Crippen LogP contribution in [-0.2, 0) is 0 Å². The fourth-order valence-corrected chi connectivity index (χ4v) is 2.73. The molecular weight excluding hydrogens is 268 g/mol. The molecule has 1 unspecified atom stereocenters. The Morgan fingerprint density at radius 1 is 1.57 bits per heavy atom. The summed E-state index contributed by atoms with van der Waals surface area (Å²) in [4.78, 5) is 16.9. The zero-order chi connectivity index (χ0) is 15.1. The fourth-order valence-electron chi connectivity index (χ4n) is 2.73. The monoisotopic (exact) mass is 290 g/mol. The highest BCUT2D eigenvalue weighted by atomic mass is 16.3. The minimum atomic E-state index is -0.151. The van der Waals surface area contributed by atoms with Crippen molar-refractivity contribution >= 4 is 5.91 Å². The van der Waals surface area contributed by atoms with Crippen LogP contribution in [0.25, 0.3) is 0 Å². The van der Waals surface area contributed by atoms with Gasteiger partial charge in [-0.15, -0.1) is 0 Å². The SMILES string of the molecule is N#Cc1cc(C(=O)NCCCCN2CCCC2CO)c[nH]1. The topological polar surface area (TPSA) is 92.2 Å². The number of aliphatic hydroxyl groups is 1. The van der Waals surface area contributed by atoms with Crippen LogP contribution in [0.2, 0.25) is 0 Å². The zero-order valence-electron chi connectivity index (χ0n) is 12.1. The molecule has 3 N–H and O–H groups in total. The first-order valence-corrected chi connectivity index (χ1v) is 7.46. The van der Waals surface area contributed by atoms with E-state index in [0.717, 1.165) is 38.8 Å². The molecule has 6 nitrogen and oxygen atoms in total. The van der Waals surface area contributed by atoms with Crippen LogP contribution in [0, 0.1) is 11.3 Å². The molecule has 1 aliphatic rings. The van der Waals surface area contributed by atoms with Crippen molar-refractivity contribution in [3.05, 3.63) is 23.5 Å². The molecule has 1 aromatic rings. The molecule has 1 aromatic heterocycles. The third-order valence-corrected chi connectivity index (χ3v) is 3.93. The van der Waals surface area contributed by atoms with Gasteiger partial charge in [-0.3, -0.25) is 9.69 Å². The molecule has 114 valence electrons. The average Bonchev–Trinajstić information content (AvgIpc) is 3.15. The van der Waals surface area contributed by atoms with Crippen LogP contribution in [0.5, 0.6) is 0 Å². The van der Waals surface area contributed by atoms with Crippen molar-refractivity contribution in [1.29, 1.82) is 5.26 Å². The molecule has 1 atom stereocenters. The van der Waals surface area contributed by atoms with Gasteiger partial charge < -0.3 is 15.4 Å². The molecular formula is C15H22N4O2. The summed E-state index contributed by atoms with van der Waals surface area (Å²) in [6, 6.07) is 3.83. The van der Waals surface area contributed by atoms with Crippen LogP contribution in [0.1, 0.15) is 41.7 Å². The lowest BCUT2D eigenvalue weighted by Crippen LogP contribution is -2.33. The highest BCUT2D eigenvalue weighted by molar-refractivity contribution is 5.94. The fraction of sp³-hybridized carbons (Fsp3) is 0.600. The first-order chi connectivity index (χ1) is 10.2. The number of aliphatic hydroxyl groups excluding tert-OH is 1. The Morgan fingerprint density at radius 3 is 3.14 bits per heavy atom. The van der Waals surface area contributed by atoms with Gasteiger partial charge in [0.05, 0.1) is 12.2 Å². The molecule has 2 heterocycles. The smallest absolute Gasteiger partial charge is 0.252 e. The minimum Gasteiger partial charge on any atom is -0.395 e. The normalized spacial score (nSPS) is 18.6. The Labute approximate surface area is 124 Å². The van der Waals surface area contributed by atoms with E-state index in [9.17, 15) is 9.90 Å². The third kappa shape index (κ3) is 4.31. The second-order valence-electron chi connectivity index (χ2n) is 5.39. The molecule has 1 fully saturated rings. The van der Waals surface area contributed by atoms with Gasteiger partial charge in [-0.25, -0.2) is 0 Å². The maximum atomic E-state index is 11.8. The first-order valence-electron chi connectivity index (χ1n) is 7.46. The van der Waals surface area contributed by atoms with Gasteiger partial charge in [0.25, 0.3) is 5.91 Å². The summed E-state index contributed by atoms with van der Waals surface area (Å²) >= 11 is 0. The zero-order valence-corrected chi connectivity index (χ0v) is 12.1. The van der Waals surface area contributed by atoms with Crippen LogP contribution in [0.3, 0.4) is 0 Å². The standard InChI is InChI=1S/C15H22N4O2/c16-9-13-8-12(10-18-13)15(21)17-5-1-2-6-19-7-3-4-14(19)11-20/h8,10,14,18,20H,1-7,11H2,(H,17,21). The van der Waals surface area contributed by atoms with Crippen molar-refractivity contribution in [2.24, 2.45) is 0 Å². The molecule has 0 aliphatic carbocycles. The number of rotatable bonds is 7. The molecule has 2 rings (SSSR count). The summed E-state index contributed by atoms with van der Waals surface area (Å²) in [6.07, 6.45) is 5.71. The molecule has 0 bridgehead atoms. The Hall–Kier alpha value is -1.84. The van der Waals surface area contributed by atoms with Crippen molar-refractivity contribution in [1.82, 2.24) is 15.2 Å². The number of unbranched alkanes of at least 4 members (excludes halogenated alkanes) is 1. The van der Waals surface area contributed by atoms with Gasteiger partial charge in [0.15, 0.2) is 0 Å². The van der Waals surface area contributed by atoms with Crippen LogP contribution in [0.4, 0.5) is 0 Å². The van der Waals surface area contributed by atoms with Crippen molar-refractivity contribution in [2.45, 2.75) is 31.7 Å². The molecule has 0 radical (unpaired) electrons. The summed E-state index contributed by atoms with van der Waals surface area (Å²) in [6.45, 7) is 2.91. The van der Waals surface area contributed by atoms with E-state index in [1.165, 1.54) is 0 Å². The van der Waals surface area contributed by atoms with Crippen LogP contribution in [-0.4, -0.2) is 53.2 Å². The van der Waals surface area contributed by atoms with Gasteiger partial charge in [0.2, 0.25) is 0 Å². The average molecular weight is 290 g/mol. The van der Waals surface area contributed by atoms with E-state index in [0.29, 0.717) is 23.8 Å². The lowest BCUT2D eigenvalue weighted by atomic mass is 10.2. The molecule has 0 saturated carbocycles. The maximum absolute atomic E-state index is 11.8. The Kier molecular flexibility index (Phi) is 5.78. The summed E-state index contributed by atoms with van der Waals surface area (Å²) < 4.78 is 0. The van der Waals surface area contributed by atoms with Crippen molar-refractivity contribution < 1.29 is 9.90 Å². The summed E-state index contributed by atoms with van der Waals surface area (Å²) in [5.41, 5.74) is 0.885. The number of carbonyl (C=O) groups excluding carboxylic acids is 1. The Bertz CT molecular complexity index is 506. The minimum absolute atomic E-state index is 0.151. The van der Waals surface area contributed by atoms with Gasteiger partial charge >= 0.3 is 0 Å². The number of hydrogen-bond donors (Lipinski definition) is 3. The highest BCUT2D eigenvalue weighted by Gasteiger charge is 2.22. The molecule has 0 aromatic carbocycles. The van der Waals surface area contributed by atoms with Gasteiger partial charge in [-0.05, 0) is 44.8 Å². The summed E-state index contributed by atoms with van der Waals surface area (Å²) in [5, 5.41) is 20.8. The lowest BCUT2D eigenvalue weighted by Gasteiger charge is -2.22. The number of hydrogen-bond acceptors (Lipinski definition) is 4. The first kappa shape index (κ1) is 15.5. The Balaban J connectivity index is 1.61. The van der Waals surface area contributed by atoms with E-state index < -0.39 is 0 Å². The number of aromatic amines is 1. The van der Waals surface area contributed by atoms with E-state index >= 15 is 0 Å². The second-order valence-corrected chi connectivity index (χ2v) is 5.39. The highest BCUT2D eigenvalue weighted by Crippen LogP contribution is 2.16. The van der Waals surface area contributed by atoms with E-state index in [1.54, 1.807) is 12.3 Å². The number of aromatic nitrogens is 1. The van der Waals surface area contributed by atoms with Gasteiger partial charge in [-0.1, -0.05) is 0 Å². The predicted molar refractivity (Wildman–Crippen MR) is 78.8 cm³/mol. The summed E-state index contributed by atoms with van der Waals surface area (Å²) in [5.74, 6) is -0.151. The second kappa shape index (κ2) is 7.81. The molecule has 1 amide bonds. The number of nitrogens with one attached hydrogen (secondary N) is 2. The van der Waals surface area contributed by atoms with Gasteiger partial charge in [-0.2, -0.15) is 5.26 Å². The largest absolute Gasteiger partial charge is 0.395 e. The number of nitriles is 1. The molecule has 6 heteroatoms. The number of nitrogens with zero attached hydrogens (tertiary/aromatic N) is 2. The van der Waals surface area contributed by atoms with Gasteiger partial charge in [0.1, 0.15) is 11.8 Å². The van der Waals surface area contributed by atoms with E-state index in [-0.39, 0.29) is 12.5 Å². The molecule has 1 aliphatic heterocycles.